The minimum atomic E-state index is -3.20. The summed E-state index contributed by atoms with van der Waals surface area (Å²) in [5, 5.41) is -0.393. The standard InChI is InChI=1S/C15H24N2O3S/c1-13(2)21(18,19)16(3)12-14-4-6-15(7-5-14)17-8-10-20-11-9-17/h4-7,13H,8-12H2,1-3H3. The second kappa shape index (κ2) is 6.77. The molecule has 1 aromatic carbocycles. The lowest BCUT2D eigenvalue weighted by molar-refractivity contribution is 0.122. The number of benzene rings is 1. The first kappa shape index (κ1) is 16.3. The zero-order valence-corrected chi connectivity index (χ0v) is 13.8. The van der Waals surface area contributed by atoms with Gasteiger partial charge in [0.1, 0.15) is 0 Å². The van der Waals surface area contributed by atoms with E-state index in [0.29, 0.717) is 6.54 Å². The molecule has 1 heterocycles. The predicted octanol–water partition coefficient (Wildman–Crippen LogP) is 1.69. The van der Waals surface area contributed by atoms with Gasteiger partial charge in [0.05, 0.1) is 18.5 Å². The Bertz CT molecular complexity index is 549. The van der Waals surface area contributed by atoms with E-state index >= 15 is 0 Å². The third-order valence-electron chi connectivity index (χ3n) is 3.75. The Morgan fingerprint density at radius 2 is 1.76 bits per heavy atom. The molecule has 6 heteroatoms. The van der Waals surface area contributed by atoms with Crippen LogP contribution in [-0.2, 0) is 21.3 Å². The third kappa shape index (κ3) is 3.96. The molecule has 1 aliphatic heterocycles. The summed E-state index contributed by atoms with van der Waals surface area (Å²) in [7, 11) is -1.57. The lowest BCUT2D eigenvalue weighted by atomic mass is 10.2. The van der Waals surface area contributed by atoms with Crippen LogP contribution in [0.1, 0.15) is 19.4 Å². The van der Waals surface area contributed by atoms with Crippen LogP contribution in [0.5, 0.6) is 0 Å². The fourth-order valence-electron chi connectivity index (χ4n) is 2.34. The quantitative estimate of drug-likeness (QED) is 0.830. The van der Waals surface area contributed by atoms with E-state index < -0.39 is 15.3 Å². The van der Waals surface area contributed by atoms with Crippen LogP contribution in [0.25, 0.3) is 0 Å². The van der Waals surface area contributed by atoms with E-state index in [1.54, 1.807) is 20.9 Å². The molecule has 118 valence electrons. The van der Waals surface area contributed by atoms with Crippen LogP contribution in [0.4, 0.5) is 5.69 Å². The summed E-state index contributed by atoms with van der Waals surface area (Å²) in [6, 6.07) is 8.10. The van der Waals surface area contributed by atoms with Gasteiger partial charge in [-0.25, -0.2) is 12.7 Å². The summed E-state index contributed by atoms with van der Waals surface area (Å²) in [6.07, 6.45) is 0. The van der Waals surface area contributed by atoms with Crippen LogP contribution in [0.2, 0.25) is 0 Å². The highest BCUT2D eigenvalue weighted by Crippen LogP contribution is 2.18. The first-order chi connectivity index (χ1) is 9.91. The van der Waals surface area contributed by atoms with Gasteiger partial charge in [-0.15, -0.1) is 0 Å². The molecular weight excluding hydrogens is 288 g/mol. The molecular formula is C15H24N2O3S. The Morgan fingerprint density at radius 1 is 1.19 bits per heavy atom. The van der Waals surface area contributed by atoms with E-state index in [2.05, 4.69) is 17.0 Å². The minimum Gasteiger partial charge on any atom is -0.378 e. The molecule has 0 atom stereocenters. The maximum atomic E-state index is 12.1. The van der Waals surface area contributed by atoms with Gasteiger partial charge in [0.15, 0.2) is 0 Å². The van der Waals surface area contributed by atoms with E-state index in [0.717, 1.165) is 37.6 Å². The second-order valence-corrected chi connectivity index (χ2v) is 8.21. The zero-order valence-electron chi connectivity index (χ0n) is 12.9. The molecule has 0 aliphatic carbocycles. The Kier molecular flexibility index (Phi) is 5.24. The number of morpholine rings is 1. The van der Waals surface area contributed by atoms with Crippen molar-refractivity contribution >= 4 is 15.7 Å². The predicted molar refractivity (Wildman–Crippen MR) is 85.0 cm³/mol. The van der Waals surface area contributed by atoms with E-state index in [4.69, 9.17) is 4.74 Å². The van der Waals surface area contributed by atoms with Gasteiger partial charge in [0.2, 0.25) is 10.0 Å². The average molecular weight is 312 g/mol. The Hall–Kier alpha value is -1.11. The molecule has 5 nitrogen and oxygen atoms in total. The van der Waals surface area contributed by atoms with Gasteiger partial charge in [-0.2, -0.15) is 0 Å². The van der Waals surface area contributed by atoms with Gasteiger partial charge in [-0.1, -0.05) is 12.1 Å². The Labute approximate surface area is 127 Å². The molecule has 0 aromatic heterocycles. The van der Waals surface area contributed by atoms with Crippen LogP contribution in [-0.4, -0.2) is 51.3 Å². The third-order valence-corrected chi connectivity index (χ3v) is 5.94. The molecule has 0 N–H and O–H groups in total. The lowest BCUT2D eigenvalue weighted by Crippen LogP contribution is -2.36. The first-order valence-corrected chi connectivity index (χ1v) is 8.78. The normalized spacial score (nSPS) is 16.7. The van der Waals surface area contributed by atoms with Crippen molar-refractivity contribution in [2.75, 3.05) is 38.3 Å². The molecule has 1 aliphatic rings. The second-order valence-electron chi connectivity index (χ2n) is 5.62. The highest BCUT2D eigenvalue weighted by molar-refractivity contribution is 7.89. The van der Waals surface area contributed by atoms with Crippen molar-refractivity contribution in [1.29, 1.82) is 0 Å². The lowest BCUT2D eigenvalue weighted by Gasteiger charge is -2.29. The highest BCUT2D eigenvalue weighted by Gasteiger charge is 2.22. The summed E-state index contributed by atoms with van der Waals surface area (Å²) in [4.78, 5) is 2.28. The maximum Gasteiger partial charge on any atom is 0.216 e. The molecule has 0 radical (unpaired) electrons. The fourth-order valence-corrected chi connectivity index (χ4v) is 3.39. The van der Waals surface area contributed by atoms with E-state index in [1.807, 2.05) is 12.1 Å². The van der Waals surface area contributed by atoms with Crippen molar-refractivity contribution in [2.45, 2.75) is 25.6 Å². The molecule has 21 heavy (non-hydrogen) atoms. The summed E-state index contributed by atoms with van der Waals surface area (Å²) < 4.78 is 30.9. The summed E-state index contributed by atoms with van der Waals surface area (Å²) in [5.74, 6) is 0. The van der Waals surface area contributed by atoms with Gasteiger partial charge in [-0.05, 0) is 31.5 Å². The molecule has 0 saturated carbocycles. The highest BCUT2D eigenvalue weighted by atomic mass is 32.2. The summed E-state index contributed by atoms with van der Waals surface area (Å²) >= 11 is 0. The van der Waals surface area contributed by atoms with Crippen molar-refractivity contribution in [3.63, 3.8) is 0 Å². The Balaban J connectivity index is 2.02. The molecule has 1 fully saturated rings. The van der Waals surface area contributed by atoms with E-state index in [1.165, 1.54) is 4.31 Å². The first-order valence-electron chi connectivity index (χ1n) is 7.28. The molecule has 2 rings (SSSR count). The van der Waals surface area contributed by atoms with E-state index in [9.17, 15) is 8.42 Å². The van der Waals surface area contributed by atoms with Crippen molar-refractivity contribution < 1.29 is 13.2 Å². The van der Waals surface area contributed by atoms with Crippen LogP contribution in [0.3, 0.4) is 0 Å². The van der Waals surface area contributed by atoms with Gasteiger partial charge in [-0.3, -0.25) is 0 Å². The van der Waals surface area contributed by atoms with Gasteiger partial charge in [0.25, 0.3) is 0 Å². The number of anilines is 1. The topological polar surface area (TPSA) is 49.9 Å². The molecule has 0 spiro atoms. The largest absolute Gasteiger partial charge is 0.378 e. The Morgan fingerprint density at radius 3 is 2.29 bits per heavy atom. The monoisotopic (exact) mass is 312 g/mol. The van der Waals surface area contributed by atoms with E-state index in [-0.39, 0.29) is 0 Å². The summed E-state index contributed by atoms with van der Waals surface area (Å²) in [6.45, 7) is 7.14. The number of hydrogen-bond acceptors (Lipinski definition) is 4. The number of ether oxygens (including phenoxy) is 1. The van der Waals surface area contributed by atoms with Crippen LogP contribution < -0.4 is 4.90 Å². The van der Waals surface area contributed by atoms with Crippen LogP contribution in [0.15, 0.2) is 24.3 Å². The average Bonchev–Trinajstić information content (AvgIpc) is 2.48. The number of nitrogens with zero attached hydrogens (tertiary/aromatic N) is 2. The minimum absolute atomic E-state index is 0.393. The van der Waals surface area contributed by atoms with Crippen molar-refractivity contribution in [3.8, 4) is 0 Å². The van der Waals surface area contributed by atoms with Crippen molar-refractivity contribution in [1.82, 2.24) is 4.31 Å². The summed E-state index contributed by atoms with van der Waals surface area (Å²) in [5.41, 5.74) is 2.16. The maximum absolute atomic E-state index is 12.1. The van der Waals surface area contributed by atoms with Crippen LogP contribution in [0, 0.1) is 0 Å². The SMILES string of the molecule is CC(C)S(=O)(=O)N(C)Cc1ccc(N2CCOCC2)cc1. The molecule has 1 saturated heterocycles. The number of rotatable bonds is 5. The van der Waals surface area contributed by atoms with Gasteiger partial charge in [0, 0.05) is 32.4 Å². The van der Waals surface area contributed by atoms with Gasteiger partial charge < -0.3 is 9.64 Å². The fraction of sp³-hybridized carbons (Fsp3) is 0.600. The van der Waals surface area contributed by atoms with Gasteiger partial charge >= 0.3 is 0 Å². The zero-order chi connectivity index (χ0) is 15.5. The van der Waals surface area contributed by atoms with Crippen molar-refractivity contribution in [3.05, 3.63) is 29.8 Å². The number of sulfonamides is 1. The molecule has 1 aromatic rings. The van der Waals surface area contributed by atoms with Crippen molar-refractivity contribution in [2.24, 2.45) is 0 Å². The smallest absolute Gasteiger partial charge is 0.216 e. The number of hydrogen-bond donors (Lipinski definition) is 0. The molecule has 0 amide bonds. The molecule has 0 unspecified atom stereocenters. The van der Waals surface area contributed by atoms with Crippen LogP contribution >= 0.6 is 0 Å². The molecule has 0 bridgehead atoms.